The van der Waals surface area contributed by atoms with Gasteiger partial charge in [0.25, 0.3) is 0 Å². The van der Waals surface area contributed by atoms with Crippen molar-refractivity contribution in [3.63, 3.8) is 0 Å². The fraction of sp³-hybridized carbons (Fsp3) is 0.590. The number of phenols is 2. The van der Waals surface area contributed by atoms with Gasteiger partial charge in [-0.15, -0.1) is 5.10 Å². The number of hydrogen-bond donors (Lipinski definition) is 5. The maximum Gasteiger partial charge on any atom is 0.246 e. The number of amides is 2. The monoisotopic (exact) mass is 1080 g/mol. The molecular formula is C61H81N5O12. The van der Waals surface area contributed by atoms with E-state index in [0.717, 1.165) is 50.5 Å². The molecule has 2 saturated heterocycles. The second kappa shape index (κ2) is 24.6. The highest BCUT2D eigenvalue weighted by molar-refractivity contribution is 6.07. The molecule has 0 unspecified atom stereocenters. The van der Waals surface area contributed by atoms with Crippen LogP contribution in [-0.2, 0) is 46.3 Å². The van der Waals surface area contributed by atoms with Crippen LogP contribution in [0.4, 0.5) is 0 Å². The Kier molecular flexibility index (Phi) is 17.9. The molecule has 0 bridgehead atoms. The number of rotatable bonds is 22. The summed E-state index contributed by atoms with van der Waals surface area (Å²) >= 11 is 0. The van der Waals surface area contributed by atoms with Crippen molar-refractivity contribution in [3.05, 3.63) is 94.5 Å². The molecule has 1 spiro atoms. The third kappa shape index (κ3) is 12.4. The fourth-order valence-corrected chi connectivity index (χ4v) is 14.3. The van der Waals surface area contributed by atoms with Crippen molar-refractivity contribution < 1.29 is 58.1 Å². The van der Waals surface area contributed by atoms with Gasteiger partial charge >= 0.3 is 0 Å². The van der Waals surface area contributed by atoms with Crippen molar-refractivity contribution in [2.75, 3.05) is 53.7 Å². The minimum Gasteiger partial charge on any atom is -0.508 e. The normalized spacial score (nSPS) is 30.5. The van der Waals surface area contributed by atoms with Crippen LogP contribution in [0.5, 0.6) is 23.0 Å². The number of phenolic OH excluding ortho intramolecular Hbond substituents is 2. The molecule has 3 heterocycles. The molecule has 11 atom stereocenters. The smallest absolute Gasteiger partial charge is 0.246 e. The standard InChI is InChI=1S/C61H81N5O12/c1-38-19-24-61(77-35-38)39(2)58-55(78-61)33-48-45-14-13-42-31-44(20-22-59(42,3)47(45)21-23-60(48,58)4)76-28-8-7-25-62-56(71)36-75-37-57(72)63-26-27-66-34-43(64-65-66)32-46(49(67)15-9-40-11-17-51(69)53(29-40)73-5)50(68)16-10-41-12-18-52(70)54(30-41)74-6/h9-13,15-18,29-30,34,38-39,44-45,47-48,55,58,67,69-70H,7-8,14,19-28,31-33,35-37H2,1-6H3,(H,62,71)(H,63,72)/b15-9+,16-10+,49-46-/t38-,39+,44+,45-,47+,48+,55+,58+,59+,60+,61-/m1/s1. The largest absolute Gasteiger partial charge is 0.508 e. The summed E-state index contributed by atoms with van der Waals surface area (Å²) in [4.78, 5) is 38.7. The summed E-state index contributed by atoms with van der Waals surface area (Å²) in [5, 5.41) is 45.1. The van der Waals surface area contributed by atoms with E-state index in [-0.39, 0.29) is 90.3 Å². The molecule has 1 aromatic heterocycles. The summed E-state index contributed by atoms with van der Waals surface area (Å²) < 4.78 is 37.3. The molecule has 78 heavy (non-hydrogen) atoms. The molecule has 3 aromatic rings. The first-order chi connectivity index (χ1) is 37.5. The van der Waals surface area contributed by atoms with E-state index in [2.05, 4.69) is 54.7 Å². The van der Waals surface area contributed by atoms with Crippen LogP contribution in [0.25, 0.3) is 12.2 Å². The number of carbonyl (C=O) groups excluding carboxylic acids is 3. The summed E-state index contributed by atoms with van der Waals surface area (Å²) in [6, 6.07) is 9.29. The number of carbonyl (C=O) groups is 3. The molecule has 6 aliphatic rings. The summed E-state index contributed by atoms with van der Waals surface area (Å²) in [6.07, 6.45) is 22.6. The van der Waals surface area contributed by atoms with Gasteiger partial charge in [0.05, 0.1) is 45.3 Å². The molecule has 2 aromatic carbocycles. The van der Waals surface area contributed by atoms with Gasteiger partial charge in [0.2, 0.25) is 11.8 Å². The van der Waals surface area contributed by atoms with Gasteiger partial charge in [-0.05, 0) is 152 Å². The van der Waals surface area contributed by atoms with Crippen LogP contribution in [0.1, 0.15) is 115 Å². The maximum absolute atomic E-state index is 13.6. The van der Waals surface area contributed by atoms with Gasteiger partial charge in [-0.3, -0.25) is 19.1 Å². The number of methoxy groups -OCH3 is 2. The second-order valence-electron chi connectivity index (χ2n) is 23.3. The number of unbranched alkanes of at least 4 members (excludes halogenated alkanes) is 1. The number of ether oxygens (including phenoxy) is 6. The number of ketones is 1. The average Bonchev–Trinajstić information content (AvgIpc) is 3.98. The molecule has 3 saturated carbocycles. The number of aliphatic hydroxyl groups excluding tert-OH is 1. The van der Waals surface area contributed by atoms with Crippen LogP contribution in [0.2, 0.25) is 0 Å². The predicted octanol–water partition coefficient (Wildman–Crippen LogP) is 8.84. The molecule has 9 rings (SSSR count). The number of nitrogens with one attached hydrogen (secondary N) is 2. The van der Waals surface area contributed by atoms with Crippen molar-refractivity contribution in [3.8, 4) is 23.0 Å². The van der Waals surface area contributed by atoms with Gasteiger partial charge in [-0.25, -0.2) is 0 Å². The second-order valence-corrected chi connectivity index (χ2v) is 23.3. The van der Waals surface area contributed by atoms with Gasteiger partial charge in [-0.1, -0.05) is 68.8 Å². The lowest BCUT2D eigenvalue weighted by molar-refractivity contribution is -0.272. The molecular weight excluding hydrogens is 995 g/mol. The molecule has 422 valence electrons. The predicted molar refractivity (Wildman–Crippen MR) is 293 cm³/mol. The van der Waals surface area contributed by atoms with Crippen LogP contribution in [0.3, 0.4) is 0 Å². The van der Waals surface area contributed by atoms with E-state index in [4.69, 9.17) is 28.4 Å². The lowest BCUT2D eigenvalue weighted by atomic mass is 9.47. The minimum atomic E-state index is -0.508. The quantitative estimate of drug-likeness (QED) is 0.0209. The topological polar surface area (TPSA) is 222 Å². The number of nitrogens with zero attached hydrogens (tertiary/aromatic N) is 3. The highest BCUT2D eigenvalue weighted by Gasteiger charge is 2.68. The number of hydrogen-bond acceptors (Lipinski definition) is 14. The lowest BCUT2D eigenvalue weighted by Crippen LogP contribution is -2.52. The summed E-state index contributed by atoms with van der Waals surface area (Å²) in [5.74, 6) is 2.31. The third-order valence-corrected chi connectivity index (χ3v) is 18.5. The van der Waals surface area contributed by atoms with Gasteiger partial charge < -0.3 is 54.4 Å². The van der Waals surface area contributed by atoms with Crippen LogP contribution in [-0.4, -0.2) is 120 Å². The minimum absolute atomic E-state index is 0.0219. The van der Waals surface area contributed by atoms with Crippen molar-refractivity contribution in [1.82, 2.24) is 25.6 Å². The number of aromatic nitrogens is 3. The Balaban J connectivity index is 0.658. The summed E-state index contributed by atoms with van der Waals surface area (Å²) in [5.41, 5.74) is 3.76. The Morgan fingerprint density at radius 2 is 1.58 bits per heavy atom. The van der Waals surface area contributed by atoms with Gasteiger partial charge in [-0.2, -0.15) is 0 Å². The Morgan fingerprint density at radius 1 is 0.872 bits per heavy atom. The van der Waals surface area contributed by atoms with Crippen LogP contribution >= 0.6 is 0 Å². The van der Waals surface area contributed by atoms with E-state index in [1.165, 1.54) is 87.8 Å². The van der Waals surface area contributed by atoms with E-state index in [9.17, 15) is 29.7 Å². The lowest BCUT2D eigenvalue weighted by Gasteiger charge is -2.58. The Hall–Kier alpha value is -6.01. The molecule has 17 nitrogen and oxygen atoms in total. The van der Waals surface area contributed by atoms with Crippen LogP contribution in [0.15, 0.2) is 77.7 Å². The van der Waals surface area contributed by atoms with E-state index >= 15 is 0 Å². The highest BCUT2D eigenvalue weighted by atomic mass is 16.7. The van der Waals surface area contributed by atoms with E-state index < -0.39 is 11.7 Å². The first-order valence-corrected chi connectivity index (χ1v) is 28.2. The van der Waals surface area contributed by atoms with E-state index in [1.807, 2.05) is 0 Å². The van der Waals surface area contributed by atoms with Crippen molar-refractivity contribution >= 4 is 29.7 Å². The average molecular weight is 1080 g/mol. The SMILES string of the molecule is COc1cc(/C=C/C(=O)/C(Cc2cn(CCNC(=O)COCC(=O)NCCCCO[C@H]3CC[C@@]4(C)C(=CC[C@H]5[C@@H]6C[C@@H]7O[C@]8(CC[C@@H](C)CO8)[C@@H](C)[C@@H]7[C@@]6(C)CC[C@@H]54)C3)nn2)=C(O)/C=C/c2ccc(O)c(OC)c2)ccc1O. The summed E-state index contributed by atoms with van der Waals surface area (Å²) in [6.45, 7) is 11.8. The highest BCUT2D eigenvalue weighted by Crippen LogP contribution is 2.70. The number of benzene rings is 2. The fourth-order valence-electron chi connectivity index (χ4n) is 14.3. The third-order valence-electron chi connectivity index (χ3n) is 18.5. The summed E-state index contributed by atoms with van der Waals surface area (Å²) in [7, 11) is 2.85. The van der Waals surface area contributed by atoms with Crippen molar-refractivity contribution in [1.29, 1.82) is 0 Å². The van der Waals surface area contributed by atoms with E-state index in [1.54, 1.807) is 42.1 Å². The Bertz CT molecular complexity index is 2760. The zero-order valence-corrected chi connectivity index (χ0v) is 46.3. The number of aliphatic hydroxyl groups is 1. The number of aromatic hydroxyl groups is 2. The van der Waals surface area contributed by atoms with Gasteiger partial charge in [0.1, 0.15) is 19.0 Å². The molecule has 5 fully saturated rings. The zero-order chi connectivity index (χ0) is 55.2. The Labute approximate surface area is 458 Å². The molecule has 17 heteroatoms. The molecule has 2 amide bonds. The number of allylic oxidation sites excluding steroid dienone is 4. The molecule has 0 radical (unpaired) electrons. The molecule has 5 N–H and O–H groups in total. The van der Waals surface area contributed by atoms with Crippen molar-refractivity contribution in [2.24, 2.45) is 46.3 Å². The number of fused-ring (bicyclic) bond motifs is 7. The van der Waals surface area contributed by atoms with Gasteiger partial charge in [0.15, 0.2) is 34.6 Å². The van der Waals surface area contributed by atoms with Crippen molar-refractivity contribution in [2.45, 2.75) is 129 Å². The van der Waals surface area contributed by atoms with E-state index in [0.29, 0.717) is 65.2 Å². The maximum atomic E-state index is 13.6. The van der Waals surface area contributed by atoms with Crippen LogP contribution < -0.4 is 20.1 Å². The Morgan fingerprint density at radius 3 is 2.27 bits per heavy atom. The molecule has 2 aliphatic heterocycles. The first-order valence-electron chi connectivity index (χ1n) is 28.2. The van der Waals surface area contributed by atoms with Gasteiger partial charge in [0, 0.05) is 50.2 Å². The zero-order valence-electron chi connectivity index (χ0n) is 46.3. The first kappa shape index (κ1) is 56.7. The molecule has 4 aliphatic carbocycles. The van der Waals surface area contributed by atoms with Crippen LogP contribution in [0, 0.1) is 46.3 Å².